The highest BCUT2D eigenvalue weighted by Crippen LogP contribution is 2.50. The third-order valence-electron chi connectivity index (χ3n) is 2.74. The average Bonchev–Trinajstić information content (AvgIpc) is 2.63. The molecule has 0 spiro atoms. The molecule has 4 N–H and O–H groups in total. The summed E-state index contributed by atoms with van der Waals surface area (Å²) in [5.74, 6) is -0.146. The number of hydrogen-bond acceptors (Lipinski definition) is 3. The van der Waals surface area contributed by atoms with Crippen LogP contribution in [0.4, 0.5) is 0 Å². The topological polar surface area (TPSA) is 83.8 Å². The highest BCUT2D eigenvalue weighted by molar-refractivity contribution is 5.90. The Kier molecular flexibility index (Phi) is 1.63. The third kappa shape index (κ3) is 1.04. The molecular formula is C8H12N4O. The lowest BCUT2D eigenvalue weighted by Crippen LogP contribution is -2.43. The van der Waals surface area contributed by atoms with Crippen LogP contribution in [0.3, 0.4) is 0 Å². The van der Waals surface area contributed by atoms with E-state index in [4.69, 9.17) is 5.73 Å². The number of primary amides is 1. The molecule has 2 atom stereocenters. The zero-order valence-electron chi connectivity index (χ0n) is 7.37. The standard InChI is InChI=1S/C8H12N4O/c1-10-8(7(9)13)2-5(8)6-3-11-4-12-6/h3-5,10H,2H2,1H3,(H2,9,13)(H,11,12). The van der Waals surface area contributed by atoms with Gasteiger partial charge in [-0.15, -0.1) is 0 Å². The van der Waals surface area contributed by atoms with Crippen LogP contribution < -0.4 is 11.1 Å². The van der Waals surface area contributed by atoms with Gasteiger partial charge in [-0.2, -0.15) is 0 Å². The van der Waals surface area contributed by atoms with Crippen LogP contribution in [0, 0.1) is 0 Å². The molecule has 70 valence electrons. The Balaban J connectivity index is 2.20. The van der Waals surface area contributed by atoms with Gasteiger partial charge in [-0.3, -0.25) is 4.79 Å². The zero-order valence-corrected chi connectivity index (χ0v) is 7.37. The first-order valence-electron chi connectivity index (χ1n) is 4.18. The molecule has 0 aliphatic heterocycles. The second-order valence-corrected chi connectivity index (χ2v) is 3.35. The van der Waals surface area contributed by atoms with Crippen LogP contribution in [0.5, 0.6) is 0 Å². The van der Waals surface area contributed by atoms with Gasteiger partial charge in [-0.25, -0.2) is 4.98 Å². The molecule has 1 aliphatic carbocycles. The number of imidazole rings is 1. The number of H-pyrrole nitrogens is 1. The number of hydrogen-bond donors (Lipinski definition) is 3. The minimum Gasteiger partial charge on any atom is -0.368 e. The summed E-state index contributed by atoms with van der Waals surface area (Å²) < 4.78 is 0. The van der Waals surface area contributed by atoms with Gasteiger partial charge in [0.2, 0.25) is 5.91 Å². The monoisotopic (exact) mass is 180 g/mol. The van der Waals surface area contributed by atoms with E-state index < -0.39 is 5.54 Å². The number of aromatic amines is 1. The number of nitrogens with zero attached hydrogens (tertiary/aromatic N) is 1. The average molecular weight is 180 g/mol. The van der Waals surface area contributed by atoms with Crippen molar-refractivity contribution >= 4 is 5.91 Å². The van der Waals surface area contributed by atoms with Crippen molar-refractivity contribution in [1.82, 2.24) is 15.3 Å². The lowest BCUT2D eigenvalue weighted by atomic mass is 10.1. The molecule has 5 nitrogen and oxygen atoms in total. The Morgan fingerprint density at radius 3 is 3.08 bits per heavy atom. The maximum absolute atomic E-state index is 11.1. The lowest BCUT2D eigenvalue weighted by molar-refractivity contribution is -0.121. The summed E-state index contributed by atoms with van der Waals surface area (Å²) in [4.78, 5) is 18.0. The number of amides is 1. The first-order valence-corrected chi connectivity index (χ1v) is 4.18. The van der Waals surface area contributed by atoms with Gasteiger partial charge in [-0.1, -0.05) is 0 Å². The van der Waals surface area contributed by atoms with Gasteiger partial charge in [0.1, 0.15) is 5.54 Å². The van der Waals surface area contributed by atoms with E-state index >= 15 is 0 Å². The van der Waals surface area contributed by atoms with Crippen LogP contribution in [0.2, 0.25) is 0 Å². The van der Waals surface area contributed by atoms with E-state index in [1.165, 1.54) is 0 Å². The number of aromatic nitrogens is 2. The first kappa shape index (κ1) is 8.25. The van der Waals surface area contributed by atoms with Crippen molar-refractivity contribution in [3.05, 3.63) is 18.2 Å². The SMILES string of the molecule is CNC1(C(N)=O)CC1c1cnc[nH]1. The van der Waals surface area contributed by atoms with E-state index in [0.717, 1.165) is 12.1 Å². The van der Waals surface area contributed by atoms with Crippen LogP contribution in [-0.4, -0.2) is 28.5 Å². The van der Waals surface area contributed by atoms with E-state index in [0.29, 0.717) is 0 Å². The molecule has 1 saturated carbocycles. The Labute approximate surface area is 75.7 Å². The summed E-state index contributed by atoms with van der Waals surface area (Å²) in [5, 5.41) is 2.97. The third-order valence-corrected chi connectivity index (χ3v) is 2.74. The Morgan fingerprint density at radius 2 is 2.69 bits per heavy atom. The van der Waals surface area contributed by atoms with Crippen LogP contribution in [0.15, 0.2) is 12.5 Å². The predicted molar refractivity (Wildman–Crippen MR) is 46.9 cm³/mol. The van der Waals surface area contributed by atoms with Crippen molar-refractivity contribution < 1.29 is 4.79 Å². The number of nitrogens with one attached hydrogen (secondary N) is 2. The Hall–Kier alpha value is -1.36. The quantitative estimate of drug-likeness (QED) is 0.577. The molecule has 0 bridgehead atoms. The van der Waals surface area contributed by atoms with E-state index in [2.05, 4.69) is 15.3 Å². The molecule has 1 heterocycles. The fourth-order valence-corrected chi connectivity index (χ4v) is 1.77. The number of carbonyl (C=O) groups is 1. The van der Waals surface area contributed by atoms with Crippen LogP contribution >= 0.6 is 0 Å². The molecule has 1 aliphatic rings. The van der Waals surface area contributed by atoms with Gasteiger partial charge in [0.05, 0.1) is 6.33 Å². The van der Waals surface area contributed by atoms with Gasteiger partial charge in [0, 0.05) is 17.8 Å². The van der Waals surface area contributed by atoms with Gasteiger partial charge in [-0.05, 0) is 13.5 Å². The molecule has 1 amide bonds. The first-order chi connectivity index (χ1) is 6.20. The van der Waals surface area contributed by atoms with Crippen molar-refractivity contribution in [1.29, 1.82) is 0 Å². The highest BCUT2D eigenvalue weighted by Gasteiger charge is 2.59. The number of carbonyl (C=O) groups excluding carboxylic acids is 1. The molecule has 1 aromatic heterocycles. The maximum atomic E-state index is 11.1. The van der Waals surface area contributed by atoms with Crippen molar-refractivity contribution in [2.45, 2.75) is 17.9 Å². The molecule has 1 aromatic rings. The molecule has 0 aromatic carbocycles. The summed E-state index contributed by atoms with van der Waals surface area (Å²) in [6.45, 7) is 0. The van der Waals surface area contributed by atoms with Crippen molar-refractivity contribution in [3.8, 4) is 0 Å². The summed E-state index contributed by atoms with van der Waals surface area (Å²) in [6, 6.07) is 0. The molecule has 2 unspecified atom stereocenters. The fraction of sp³-hybridized carbons (Fsp3) is 0.500. The van der Waals surface area contributed by atoms with Crippen molar-refractivity contribution in [3.63, 3.8) is 0 Å². The Morgan fingerprint density at radius 1 is 1.92 bits per heavy atom. The van der Waals surface area contributed by atoms with E-state index in [-0.39, 0.29) is 11.8 Å². The lowest BCUT2D eigenvalue weighted by Gasteiger charge is -2.10. The summed E-state index contributed by atoms with van der Waals surface area (Å²) >= 11 is 0. The van der Waals surface area contributed by atoms with Crippen molar-refractivity contribution in [2.75, 3.05) is 7.05 Å². The van der Waals surface area contributed by atoms with Crippen molar-refractivity contribution in [2.24, 2.45) is 5.73 Å². The highest BCUT2D eigenvalue weighted by atomic mass is 16.1. The second-order valence-electron chi connectivity index (χ2n) is 3.35. The van der Waals surface area contributed by atoms with E-state index in [1.807, 2.05) is 0 Å². The molecular weight excluding hydrogens is 168 g/mol. The van der Waals surface area contributed by atoms with Gasteiger partial charge in [0.15, 0.2) is 0 Å². The van der Waals surface area contributed by atoms with Crippen LogP contribution in [0.1, 0.15) is 18.0 Å². The zero-order chi connectivity index (χ0) is 9.47. The fourth-order valence-electron chi connectivity index (χ4n) is 1.77. The molecule has 2 rings (SSSR count). The van der Waals surface area contributed by atoms with Gasteiger partial charge in [0.25, 0.3) is 0 Å². The molecule has 1 fully saturated rings. The summed E-state index contributed by atoms with van der Waals surface area (Å²) in [6.07, 6.45) is 4.09. The minimum absolute atomic E-state index is 0.150. The Bertz CT molecular complexity index is 321. The number of rotatable bonds is 3. The molecule has 0 saturated heterocycles. The normalized spacial score (nSPS) is 31.6. The van der Waals surface area contributed by atoms with Gasteiger partial charge >= 0.3 is 0 Å². The number of likely N-dealkylation sites (N-methyl/N-ethyl adjacent to an activating group) is 1. The molecule has 13 heavy (non-hydrogen) atoms. The molecule has 0 radical (unpaired) electrons. The van der Waals surface area contributed by atoms with E-state index in [1.54, 1.807) is 19.6 Å². The van der Waals surface area contributed by atoms with Crippen LogP contribution in [-0.2, 0) is 4.79 Å². The summed E-state index contributed by atoms with van der Waals surface area (Å²) in [5.41, 5.74) is 5.72. The van der Waals surface area contributed by atoms with Crippen LogP contribution in [0.25, 0.3) is 0 Å². The predicted octanol–water partition coefficient (Wildman–Crippen LogP) is -0.659. The maximum Gasteiger partial charge on any atom is 0.238 e. The smallest absolute Gasteiger partial charge is 0.238 e. The minimum atomic E-state index is -0.549. The second kappa shape index (κ2) is 2.56. The van der Waals surface area contributed by atoms with E-state index in [9.17, 15) is 4.79 Å². The van der Waals surface area contributed by atoms with Gasteiger partial charge < -0.3 is 16.0 Å². The number of nitrogens with two attached hydrogens (primary N) is 1. The summed E-state index contributed by atoms with van der Waals surface area (Å²) in [7, 11) is 1.75. The molecule has 5 heteroatoms. The largest absolute Gasteiger partial charge is 0.368 e.